The van der Waals surface area contributed by atoms with Gasteiger partial charge in [-0.15, -0.1) is 5.10 Å². The molecule has 3 nitrogen and oxygen atoms in total. The van der Waals surface area contributed by atoms with Crippen LogP contribution in [0.3, 0.4) is 0 Å². The third kappa shape index (κ3) is 3.14. The minimum absolute atomic E-state index is 0.0178. The van der Waals surface area contributed by atoms with Crippen LogP contribution < -0.4 is 5.32 Å². The number of aromatic nitrogens is 2. The Kier molecular flexibility index (Phi) is 4.23. The lowest BCUT2D eigenvalue weighted by atomic mass is 9.89. The third-order valence-electron chi connectivity index (χ3n) is 2.96. The van der Waals surface area contributed by atoms with Gasteiger partial charge in [0.2, 0.25) is 0 Å². The summed E-state index contributed by atoms with van der Waals surface area (Å²) in [5, 5.41) is 8.38. The molecule has 0 aliphatic carbocycles. The molecule has 0 bridgehead atoms. The summed E-state index contributed by atoms with van der Waals surface area (Å²) < 4.78 is 4.12. The van der Waals surface area contributed by atoms with Crippen molar-refractivity contribution < 1.29 is 0 Å². The maximum absolute atomic E-state index is 6.08. The summed E-state index contributed by atoms with van der Waals surface area (Å²) in [6.07, 6.45) is 0. The fourth-order valence-electron chi connectivity index (χ4n) is 2.04. The molecule has 0 aliphatic heterocycles. The van der Waals surface area contributed by atoms with Gasteiger partial charge in [-0.05, 0) is 36.3 Å². The van der Waals surface area contributed by atoms with Gasteiger partial charge < -0.3 is 5.32 Å². The maximum atomic E-state index is 6.08. The standard InChI is InChI=1S/C14H18ClN3S/c1-14(2,3)13-12(19-18-17-13)11(16-4)9-6-5-7-10(15)8-9/h5-8,11,16H,1-4H3. The van der Waals surface area contributed by atoms with Crippen LogP contribution in [0.2, 0.25) is 5.02 Å². The molecule has 2 rings (SSSR count). The van der Waals surface area contributed by atoms with Gasteiger partial charge in [0.25, 0.3) is 0 Å². The molecule has 102 valence electrons. The number of nitrogens with one attached hydrogen (secondary N) is 1. The number of rotatable bonds is 3. The number of benzene rings is 1. The van der Waals surface area contributed by atoms with Gasteiger partial charge in [0.15, 0.2) is 0 Å². The Labute approximate surface area is 123 Å². The van der Waals surface area contributed by atoms with Crippen LogP contribution in [0.15, 0.2) is 24.3 Å². The molecule has 5 heteroatoms. The summed E-state index contributed by atoms with van der Waals surface area (Å²) in [5.74, 6) is 0. The Morgan fingerprint density at radius 3 is 2.63 bits per heavy atom. The van der Waals surface area contributed by atoms with E-state index in [2.05, 4.69) is 41.7 Å². The summed E-state index contributed by atoms with van der Waals surface area (Å²) in [7, 11) is 1.94. The van der Waals surface area contributed by atoms with Crippen LogP contribution in [0.25, 0.3) is 0 Å². The molecule has 0 spiro atoms. The molecule has 1 unspecified atom stereocenters. The zero-order valence-electron chi connectivity index (χ0n) is 11.6. The van der Waals surface area contributed by atoms with Crippen molar-refractivity contribution in [1.29, 1.82) is 0 Å². The van der Waals surface area contributed by atoms with Crippen molar-refractivity contribution in [3.05, 3.63) is 45.4 Å². The van der Waals surface area contributed by atoms with Gasteiger partial charge in [-0.1, -0.05) is 49.0 Å². The molecule has 0 saturated carbocycles. The SMILES string of the molecule is CNC(c1cccc(Cl)c1)c1snnc1C(C)(C)C. The predicted molar refractivity (Wildman–Crippen MR) is 81.0 cm³/mol. The Hall–Kier alpha value is -0.970. The number of hydrogen-bond donors (Lipinski definition) is 1. The van der Waals surface area contributed by atoms with Crippen LogP contribution in [0, 0.1) is 0 Å². The molecular formula is C14H18ClN3S. The summed E-state index contributed by atoms with van der Waals surface area (Å²) >= 11 is 7.52. The van der Waals surface area contributed by atoms with Crippen LogP contribution >= 0.6 is 23.1 Å². The lowest BCUT2D eigenvalue weighted by Gasteiger charge is -2.21. The first-order chi connectivity index (χ1) is 8.93. The molecule has 2 aromatic rings. The smallest absolute Gasteiger partial charge is 0.0860 e. The second kappa shape index (κ2) is 5.57. The molecule has 0 aliphatic rings. The average Bonchev–Trinajstić information content (AvgIpc) is 2.79. The average molecular weight is 296 g/mol. The molecule has 19 heavy (non-hydrogen) atoms. The third-order valence-corrected chi connectivity index (χ3v) is 3.98. The van der Waals surface area contributed by atoms with Crippen molar-refractivity contribution in [3.63, 3.8) is 0 Å². The zero-order valence-corrected chi connectivity index (χ0v) is 13.1. The van der Waals surface area contributed by atoms with E-state index in [1.165, 1.54) is 11.5 Å². The van der Waals surface area contributed by atoms with Crippen LogP contribution in [0.4, 0.5) is 0 Å². The van der Waals surface area contributed by atoms with E-state index in [0.29, 0.717) is 0 Å². The van der Waals surface area contributed by atoms with Crippen LogP contribution in [0.5, 0.6) is 0 Å². The highest BCUT2D eigenvalue weighted by atomic mass is 35.5. The first kappa shape index (κ1) is 14.4. The Bertz CT molecular complexity index is 560. The minimum Gasteiger partial charge on any atom is -0.309 e. The van der Waals surface area contributed by atoms with Crippen molar-refractivity contribution in [1.82, 2.24) is 14.9 Å². The Morgan fingerprint density at radius 1 is 1.32 bits per heavy atom. The second-order valence-electron chi connectivity index (χ2n) is 5.51. The van der Waals surface area contributed by atoms with Gasteiger partial charge in [-0.3, -0.25) is 0 Å². The van der Waals surface area contributed by atoms with E-state index in [1.54, 1.807) is 0 Å². The highest BCUT2D eigenvalue weighted by Gasteiger charge is 2.27. The van der Waals surface area contributed by atoms with Crippen LogP contribution in [0.1, 0.15) is 42.9 Å². The quantitative estimate of drug-likeness (QED) is 0.936. The van der Waals surface area contributed by atoms with Crippen molar-refractivity contribution in [2.24, 2.45) is 0 Å². The van der Waals surface area contributed by atoms with E-state index in [1.807, 2.05) is 25.2 Å². The van der Waals surface area contributed by atoms with E-state index in [4.69, 9.17) is 11.6 Å². The fourth-order valence-corrected chi connectivity index (χ4v) is 3.24. The number of halogens is 1. The first-order valence-corrected chi connectivity index (χ1v) is 7.34. The summed E-state index contributed by atoms with van der Waals surface area (Å²) in [4.78, 5) is 1.15. The van der Waals surface area contributed by atoms with Crippen molar-refractivity contribution in [3.8, 4) is 0 Å². The van der Waals surface area contributed by atoms with E-state index < -0.39 is 0 Å². The largest absolute Gasteiger partial charge is 0.309 e. The van der Waals surface area contributed by atoms with Gasteiger partial charge in [0.05, 0.1) is 16.6 Å². The lowest BCUT2D eigenvalue weighted by Crippen LogP contribution is -2.22. The first-order valence-electron chi connectivity index (χ1n) is 6.19. The normalized spacial score (nSPS) is 13.5. The monoisotopic (exact) mass is 295 g/mol. The van der Waals surface area contributed by atoms with Gasteiger partial charge >= 0.3 is 0 Å². The van der Waals surface area contributed by atoms with Crippen molar-refractivity contribution >= 4 is 23.1 Å². The Balaban J connectivity index is 2.46. The molecule has 0 saturated heterocycles. The fraction of sp³-hybridized carbons (Fsp3) is 0.429. The highest BCUT2D eigenvalue weighted by molar-refractivity contribution is 7.05. The molecule has 1 heterocycles. The highest BCUT2D eigenvalue weighted by Crippen LogP contribution is 2.33. The topological polar surface area (TPSA) is 37.8 Å². The number of hydrogen-bond acceptors (Lipinski definition) is 4. The zero-order chi connectivity index (χ0) is 14.0. The predicted octanol–water partition coefficient (Wildman–Crippen LogP) is 3.80. The summed E-state index contributed by atoms with van der Waals surface area (Å²) in [5.41, 5.74) is 2.15. The van der Waals surface area contributed by atoms with Crippen molar-refractivity contribution in [2.45, 2.75) is 32.2 Å². The summed E-state index contributed by atoms with van der Waals surface area (Å²) in [6.45, 7) is 6.45. The molecule has 0 fully saturated rings. The molecule has 1 aromatic carbocycles. The van der Waals surface area contributed by atoms with E-state index >= 15 is 0 Å². The second-order valence-corrected chi connectivity index (χ2v) is 6.73. The molecule has 0 amide bonds. The molecule has 1 aromatic heterocycles. The van der Waals surface area contributed by atoms with Crippen LogP contribution in [-0.4, -0.2) is 16.6 Å². The molecular weight excluding hydrogens is 278 g/mol. The van der Waals surface area contributed by atoms with Gasteiger partial charge in [0, 0.05) is 10.4 Å². The molecule has 1 N–H and O–H groups in total. The van der Waals surface area contributed by atoms with Gasteiger partial charge in [-0.25, -0.2) is 0 Å². The molecule has 1 atom stereocenters. The van der Waals surface area contributed by atoms with Gasteiger partial charge in [-0.2, -0.15) is 0 Å². The van der Waals surface area contributed by atoms with Crippen LogP contribution in [-0.2, 0) is 5.41 Å². The van der Waals surface area contributed by atoms with E-state index in [9.17, 15) is 0 Å². The lowest BCUT2D eigenvalue weighted by molar-refractivity contribution is 0.549. The Morgan fingerprint density at radius 2 is 2.05 bits per heavy atom. The molecule has 0 radical (unpaired) electrons. The number of nitrogens with zero attached hydrogens (tertiary/aromatic N) is 2. The van der Waals surface area contributed by atoms with Crippen molar-refractivity contribution in [2.75, 3.05) is 7.05 Å². The minimum atomic E-state index is -0.0178. The summed E-state index contributed by atoms with van der Waals surface area (Å²) in [6, 6.07) is 7.97. The van der Waals surface area contributed by atoms with E-state index in [-0.39, 0.29) is 11.5 Å². The maximum Gasteiger partial charge on any atom is 0.0860 e. The van der Waals surface area contributed by atoms with Gasteiger partial charge in [0.1, 0.15) is 0 Å². The van der Waals surface area contributed by atoms with E-state index in [0.717, 1.165) is 21.2 Å².